The maximum absolute atomic E-state index is 4.37. The van der Waals surface area contributed by atoms with Crippen LogP contribution in [0.2, 0.25) is 0 Å². The highest BCUT2D eigenvalue weighted by Gasteiger charge is 2.10. The van der Waals surface area contributed by atoms with E-state index in [4.69, 9.17) is 0 Å². The molecule has 0 saturated carbocycles. The fourth-order valence-electron chi connectivity index (χ4n) is 1.41. The van der Waals surface area contributed by atoms with Gasteiger partial charge in [-0.1, -0.05) is 6.92 Å². The summed E-state index contributed by atoms with van der Waals surface area (Å²) in [7, 11) is 3.78. The molecule has 0 bridgehead atoms. The summed E-state index contributed by atoms with van der Waals surface area (Å²) in [5.41, 5.74) is 0.632. The second-order valence-electron chi connectivity index (χ2n) is 4.19. The summed E-state index contributed by atoms with van der Waals surface area (Å²) in [5.74, 6) is 1.67. The van der Waals surface area contributed by atoms with Crippen molar-refractivity contribution in [1.82, 2.24) is 24.9 Å². The number of nitrogens with one attached hydrogen (secondary N) is 1. The summed E-state index contributed by atoms with van der Waals surface area (Å²) in [6.45, 7) is 2.90. The minimum Gasteiger partial charge on any atom is -0.354 e. The standard InChI is InChI=1S/C12H17N7/c1-4-5-15-11-16-10(9-8-13-6-7-14-9)17-12(18-11)19(2)3/h6-8H,4-5H2,1-3H3,(H,15,16,17,18). The molecule has 19 heavy (non-hydrogen) atoms. The maximum Gasteiger partial charge on any atom is 0.230 e. The van der Waals surface area contributed by atoms with Crippen LogP contribution in [-0.2, 0) is 0 Å². The molecule has 7 heteroatoms. The van der Waals surface area contributed by atoms with Gasteiger partial charge in [-0.3, -0.25) is 4.98 Å². The lowest BCUT2D eigenvalue weighted by Crippen LogP contribution is -2.16. The third kappa shape index (κ3) is 3.34. The van der Waals surface area contributed by atoms with Gasteiger partial charge in [-0.2, -0.15) is 15.0 Å². The lowest BCUT2D eigenvalue weighted by atomic mass is 10.4. The molecule has 0 spiro atoms. The molecule has 0 saturated heterocycles. The highest BCUT2D eigenvalue weighted by Crippen LogP contribution is 2.15. The minimum absolute atomic E-state index is 0.519. The molecule has 0 unspecified atom stereocenters. The first-order valence-electron chi connectivity index (χ1n) is 6.14. The van der Waals surface area contributed by atoms with Crippen molar-refractivity contribution >= 4 is 11.9 Å². The number of hydrogen-bond acceptors (Lipinski definition) is 7. The number of anilines is 2. The fraction of sp³-hybridized carbons (Fsp3) is 0.417. The number of nitrogens with zero attached hydrogens (tertiary/aromatic N) is 6. The molecule has 2 aromatic rings. The topological polar surface area (TPSA) is 79.7 Å². The van der Waals surface area contributed by atoms with Crippen molar-refractivity contribution in [3.8, 4) is 11.5 Å². The maximum atomic E-state index is 4.37. The van der Waals surface area contributed by atoms with E-state index in [1.54, 1.807) is 18.6 Å². The Morgan fingerprint density at radius 2 is 2.00 bits per heavy atom. The monoisotopic (exact) mass is 259 g/mol. The summed E-state index contributed by atoms with van der Waals surface area (Å²) in [6, 6.07) is 0. The average molecular weight is 259 g/mol. The van der Waals surface area contributed by atoms with Crippen LogP contribution in [0.25, 0.3) is 11.5 Å². The second-order valence-corrected chi connectivity index (χ2v) is 4.19. The van der Waals surface area contributed by atoms with Crippen LogP contribution in [0.4, 0.5) is 11.9 Å². The predicted octanol–water partition coefficient (Wildman–Crippen LogP) is 1.22. The predicted molar refractivity (Wildman–Crippen MR) is 74.0 cm³/mol. The van der Waals surface area contributed by atoms with Gasteiger partial charge in [-0.05, 0) is 6.42 Å². The van der Waals surface area contributed by atoms with E-state index in [-0.39, 0.29) is 0 Å². The zero-order valence-electron chi connectivity index (χ0n) is 11.3. The van der Waals surface area contributed by atoms with Gasteiger partial charge in [0.15, 0.2) is 5.82 Å². The summed E-state index contributed by atoms with van der Waals surface area (Å²) < 4.78 is 0. The van der Waals surface area contributed by atoms with Gasteiger partial charge in [0, 0.05) is 33.0 Å². The van der Waals surface area contributed by atoms with Crippen LogP contribution in [0.5, 0.6) is 0 Å². The molecule has 0 aliphatic carbocycles. The Morgan fingerprint density at radius 1 is 1.16 bits per heavy atom. The second kappa shape index (κ2) is 6.03. The highest BCUT2D eigenvalue weighted by atomic mass is 15.3. The van der Waals surface area contributed by atoms with Crippen molar-refractivity contribution in [1.29, 1.82) is 0 Å². The first-order chi connectivity index (χ1) is 9.20. The molecule has 0 amide bonds. The number of rotatable bonds is 5. The first-order valence-corrected chi connectivity index (χ1v) is 6.14. The van der Waals surface area contributed by atoms with Gasteiger partial charge in [0.25, 0.3) is 0 Å². The molecule has 2 heterocycles. The third-order valence-electron chi connectivity index (χ3n) is 2.35. The van der Waals surface area contributed by atoms with Crippen LogP contribution in [0.15, 0.2) is 18.6 Å². The molecule has 0 aromatic carbocycles. The van der Waals surface area contributed by atoms with Gasteiger partial charge in [-0.15, -0.1) is 0 Å². The Kier molecular flexibility index (Phi) is 4.17. The summed E-state index contributed by atoms with van der Waals surface area (Å²) in [4.78, 5) is 23.1. The van der Waals surface area contributed by atoms with E-state index in [1.165, 1.54) is 0 Å². The molecular formula is C12H17N7. The van der Waals surface area contributed by atoms with Gasteiger partial charge in [0.1, 0.15) is 5.69 Å². The molecule has 100 valence electrons. The molecule has 0 fully saturated rings. The fourth-order valence-corrected chi connectivity index (χ4v) is 1.41. The smallest absolute Gasteiger partial charge is 0.230 e. The lowest BCUT2D eigenvalue weighted by molar-refractivity contribution is 0.916. The molecule has 2 rings (SSSR count). The van der Waals surface area contributed by atoms with Crippen molar-refractivity contribution in [3.63, 3.8) is 0 Å². The third-order valence-corrected chi connectivity index (χ3v) is 2.35. The Balaban J connectivity index is 2.39. The van der Waals surface area contributed by atoms with Gasteiger partial charge < -0.3 is 10.2 Å². The molecule has 0 aliphatic rings. The van der Waals surface area contributed by atoms with E-state index in [0.717, 1.165) is 13.0 Å². The average Bonchev–Trinajstić information content (AvgIpc) is 2.45. The molecule has 0 radical (unpaired) electrons. The van der Waals surface area contributed by atoms with E-state index in [1.807, 2.05) is 19.0 Å². The molecule has 0 aliphatic heterocycles. The largest absolute Gasteiger partial charge is 0.354 e. The van der Waals surface area contributed by atoms with Crippen LogP contribution in [0, 0.1) is 0 Å². The van der Waals surface area contributed by atoms with Crippen LogP contribution in [-0.4, -0.2) is 45.6 Å². The van der Waals surface area contributed by atoms with Crippen molar-refractivity contribution in [3.05, 3.63) is 18.6 Å². The number of aromatic nitrogens is 5. The normalized spacial score (nSPS) is 10.3. The Morgan fingerprint density at radius 3 is 2.63 bits per heavy atom. The summed E-state index contributed by atoms with van der Waals surface area (Å²) >= 11 is 0. The van der Waals surface area contributed by atoms with Crippen molar-refractivity contribution in [2.24, 2.45) is 0 Å². The van der Waals surface area contributed by atoms with E-state index in [2.05, 4.69) is 37.2 Å². The zero-order valence-corrected chi connectivity index (χ0v) is 11.3. The molecule has 0 atom stereocenters. The first kappa shape index (κ1) is 13.1. The van der Waals surface area contributed by atoms with E-state index in [9.17, 15) is 0 Å². The van der Waals surface area contributed by atoms with Gasteiger partial charge in [-0.25, -0.2) is 4.98 Å². The number of hydrogen-bond donors (Lipinski definition) is 1. The lowest BCUT2D eigenvalue weighted by Gasteiger charge is -2.12. The van der Waals surface area contributed by atoms with Gasteiger partial charge in [0.2, 0.25) is 11.9 Å². The molecular weight excluding hydrogens is 242 g/mol. The SMILES string of the molecule is CCCNc1nc(-c2cnccn2)nc(N(C)C)n1. The van der Waals surface area contributed by atoms with Gasteiger partial charge >= 0.3 is 0 Å². The zero-order chi connectivity index (χ0) is 13.7. The quantitative estimate of drug-likeness (QED) is 0.864. The molecule has 7 nitrogen and oxygen atoms in total. The highest BCUT2D eigenvalue weighted by molar-refractivity contribution is 5.52. The van der Waals surface area contributed by atoms with Crippen LogP contribution in [0.1, 0.15) is 13.3 Å². The Hall–Kier alpha value is -2.31. The Bertz CT molecular complexity index is 527. The van der Waals surface area contributed by atoms with E-state index < -0.39 is 0 Å². The minimum atomic E-state index is 0.519. The Labute approximate surface area is 112 Å². The summed E-state index contributed by atoms with van der Waals surface area (Å²) in [6.07, 6.45) is 5.88. The van der Waals surface area contributed by atoms with Crippen LogP contribution >= 0.6 is 0 Å². The van der Waals surface area contributed by atoms with E-state index >= 15 is 0 Å². The molecule has 1 N–H and O–H groups in total. The van der Waals surface area contributed by atoms with Crippen molar-refractivity contribution < 1.29 is 0 Å². The molecule has 2 aromatic heterocycles. The van der Waals surface area contributed by atoms with Crippen LogP contribution in [0.3, 0.4) is 0 Å². The van der Waals surface area contributed by atoms with Crippen molar-refractivity contribution in [2.45, 2.75) is 13.3 Å². The van der Waals surface area contributed by atoms with Crippen LogP contribution < -0.4 is 10.2 Å². The summed E-state index contributed by atoms with van der Waals surface area (Å²) in [5, 5.41) is 3.16. The van der Waals surface area contributed by atoms with Gasteiger partial charge in [0.05, 0.1) is 6.20 Å². The van der Waals surface area contributed by atoms with Crippen molar-refractivity contribution in [2.75, 3.05) is 30.9 Å². The van der Waals surface area contributed by atoms with E-state index in [0.29, 0.717) is 23.4 Å².